The van der Waals surface area contributed by atoms with Crippen LogP contribution in [0.25, 0.3) is 0 Å². The van der Waals surface area contributed by atoms with Gasteiger partial charge < -0.3 is 4.90 Å². The van der Waals surface area contributed by atoms with Gasteiger partial charge in [0.25, 0.3) is 0 Å². The van der Waals surface area contributed by atoms with Crippen LogP contribution in [0.1, 0.15) is 52.1 Å². The minimum Gasteiger partial charge on any atom is -0.346 e. The van der Waals surface area contributed by atoms with Gasteiger partial charge in [-0.2, -0.15) is 0 Å². The molecule has 18 heavy (non-hydrogen) atoms. The van der Waals surface area contributed by atoms with Crippen molar-refractivity contribution in [3.05, 3.63) is 30.1 Å². The Kier molecular flexibility index (Phi) is 8.89. The summed E-state index contributed by atoms with van der Waals surface area (Å²) in [6, 6.07) is 6.00. The molecule has 1 amide bonds. The van der Waals surface area contributed by atoms with Crippen molar-refractivity contribution in [2.45, 2.75) is 46.5 Å². The summed E-state index contributed by atoms with van der Waals surface area (Å²) in [6.45, 7) is 9.24. The average Bonchev–Trinajstić information content (AvgIpc) is 2.78. The highest BCUT2D eigenvalue weighted by Gasteiger charge is 2.14. The minimum atomic E-state index is 0.292. The van der Waals surface area contributed by atoms with E-state index in [0.29, 0.717) is 11.8 Å². The van der Waals surface area contributed by atoms with Crippen LogP contribution >= 0.6 is 0 Å². The Morgan fingerprint density at radius 1 is 1.28 bits per heavy atom. The van der Waals surface area contributed by atoms with Crippen molar-refractivity contribution >= 4 is 5.91 Å². The molecule has 1 aliphatic rings. The van der Waals surface area contributed by atoms with Crippen LogP contribution in [-0.2, 0) is 4.79 Å². The SMILES string of the molecule is CC.CC(C)c1ccccn1.CN1CCCC1=O. The van der Waals surface area contributed by atoms with Crippen LogP contribution in [-0.4, -0.2) is 29.4 Å². The lowest BCUT2D eigenvalue weighted by Crippen LogP contribution is -2.17. The summed E-state index contributed by atoms with van der Waals surface area (Å²) in [4.78, 5) is 16.4. The number of hydrogen-bond donors (Lipinski definition) is 0. The maximum Gasteiger partial charge on any atom is 0.222 e. The Hall–Kier alpha value is -1.38. The lowest BCUT2D eigenvalue weighted by molar-refractivity contribution is -0.126. The van der Waals surface area contributed by atoms with Crippen LogP contribution in [0.15, 0.2) is 24.4 Å². The van der Waals surface area contributed by atoms with Gasteiger partial charge in [0.15, 0.2) is 0 Å². The molecule has 2 rings (SSSR count). The lowest BCUT2D eigenvalue weighted by Gasteiger charge is -2.03. The first-order valence-corrected chi connectivity index (χ1v) is 6.76. The van der Waals surface area contributed by atoms with E-state index in [1.54, 1.807) is 4.90 Å². The standard InChI is InChI=1S/C8H11N.C5H9NO.C2H6/c1-7(2)8-5-3-4-6-9-8;1-6-4-2-3-5(6)7;1-2/h3-7H,1-2H3;2-4H2,1H3;1-2H3. The van der Waals surface area contributed by atoms with E-state index in [1.165, 1.54) is 0 Å². The van der Waals surface area contributed by atoms with Gasteiger partial charge in [0, 0.05) is 31.9 Å². The molecule has 0 N–H and O–H groups in total. The maximum atomic E-state index is 10.5. The molecule has 1 fully saturated rings. The largest absolute Gasteiger partial charge is 0.346 e. The molecule has 0 atom stereocenters. The zero-order chi connectivity index (χ0) is 14.0. The summed E-state index contributed by atoms with van der Waals surface area (Å²) in [7, 11) is 1.84. The number of aromatic nitrogens is 1. The van der Waals surface area contributed by atoms with E-state index in [0.717, 1.165) is 25.1 Å². The molecule has 2 heterocycles. The van der Waals surface area contributed by atoms with Crippen molar-refractivity contribution < 1.29 is 4.79 Å². The second-order valence-corrected chi connectivity index (χ2v) is 4.33. The average molecular weight is 250 g/mol. The predicted molar refractivity (Wildman–Crippen MR) is 76.5 cm³/mol. The Bertz CT molecular complexity index is 323. The topological polar surface area (TPSA) is 33.2 Å². The van der Waals surface area contributed by atoms with E-state index in [4.69, 9.17) is 0 Å². The summed E-state index contributed by atoms with van der Waals surface area (Å²) in [5.41, 5.74) is 1.16. The first-order valence-electron chi connectivity index (χ1n) is 6.76. The molecule has 1 aromatic rings. The van der Waals surface area contributed by atoms with Crippen molar-refractivity contribution in [3.8, 4) is 0 Å². The summed E-state index contributed by atoms with van der Waals surface area (Å²) in [5, 5.41) is 0. The third-order valence-electron chi connectivity index (χ3n) is 2.59. The third kappa shape index (κ3) is 6.38. The second kappa shape index (κ2) is 9.63. The molecule has 1 aromatic heterocycles. The van der Waals surface area contributed by atoms with E-state index < -0.39 is 0 Å². The van der Waals surface area contributed by atoms with Gasteiger partial charge in [-0.05, 0) is 24.5 Å². The zero-order valence-electron chi connectivity index (χ0n) is 12.3. The number of hydrogen-bond acceptors (Lipinski definition) is 2. The first-order chi connectivity index (χ1) is 8.61. The fourth-order valence-electron chi connectivity index (χ4n) is 1.50. The fraction of sp³-hybridized carbons (Fsp3) is 0.600. The van der Waals surface area contributed by atoms with Crippen molar-refractivity contribution in [2.75, 3.05) is 13.6 Å². The van der Waals surface area contributed by atoms with Gasteiger partial charge >= 0.3 is 0 Å². The van der Waals surface area contributed by atoms with Crippen LogP contribution in [0.4, 0.5) is 0 Å². The molecule has 0 bridgehead atoms. The highest BCUT2D eigenvalue weighted by atomic mass is 16.2. The number of pyridine rings is 1. The van der Waals surface area contributed by atoms with Crippen LogP contribution in [0.2, 0.25) is 0 Å². The molecule has 0 aliphatic carbocycles. The Labute approximate surface area is 111 Å². The number of likely N-dealkylation sites (tertiary alicyclic amines) is 1. The van der Waals surface area contributed by atoms with E-state index in [2.05, 4.69) is 18.8 Å². The molecule has 1 saturated heterocycles. The monoisotopic (exact) mass is 250 g/mol. The predicted octanol–water partition coefficient (Wildman–Crippen LogP) is 3.47. The summed E-state index contributed by atoms with van der Waals surface area (Å²) < 4.78 is 0. The molecular formula is C15H26N2O. The Morgan fingerprint density at radius 3 is 2.17 bits per heavy atom. The summed E-state index contributed by atoms with van der Waals surface area (Å²) >= 11 is 0. The lowest BCUT2D eigenvalue weighted by atomic mass is 10.1. The first kappa shape index (κ1) is 16.6. The highest BCUT2D eigenvalue weighted by Crippen LogP contribution is 2.08. The van der Waals surface area contributed by atoms with Crippen LogP contribution < -0.4 is 0 Å². The number of carbonyl (C=O) groups excluding carboxylic acids is 1. The van der Waals surface area contributed by atoms with Crippen molar-refractivity contribution in [1.82, 2.24) is 9.88 Å². The van der Waals surface area contributed by atoms with Gasteiger partial charge in [0.1, 0.15) is 0 Å². The molecule has 102 valence electrons. The van der Waals surface area contributed by atoms with Gasteiger partial charge in [0.05, 0.1) is 0 Å². The van der Waals surface area contributed by atoms with Crippen LogP contribution in [0.3, 0.4) is 0 Å². The van der Waals surface area contributed by atoms with E-state index in [-0.39, 0.29) is 0 Å². The van der Waals surface area contributed by atoms with E-state index in [1.807, 2.05) is 45.3 Å². The molecule has 0 saturated carbocycles. The van der Waals surface area contributed by atoms with Gasteiger partial charge in [-0.3, -0.25) is 9.78 Å². The molecule has 0 unspecified atom stereocenters. The van der Waals surface area contributed by atoms with Gasteiger partial charge in [-0.15, -0.1) is 0 Å². The molecular weight excluding hydrogens is 224 g/mol. The molecule has 3 nitrogen and oxygen atoms in total. The maximum absolute atomic E-state index is 10.5. The Balaban J connectivity index is 0.000000289. The van der Waals surface area contributed by atoms with Gasteiger partial charge in [0.2, 0.25) is 5.91 Å². The van der Waals surface area contributed by atoms with Crippen LogP contribution in [0.5, 0.6) is 0 Å². The molecule has 1 aliphatic heterocycles. The molecule has 0 aromatic carbocycles. The second-order valence-electron chi connectivity index (χ2n) is 4.33. The minimum absolute atomic E-state index is 0.292. The van der Waals surface area contributed by atoms with Crippen LogP contribution in [0, 0.1) is 0 Å². The zero-order valence-corrected chi connectivity index (χ0v) is 12.3. The number of rotatable bonds is 1. The smallest absolute Gasteiger partial charge is 0.222 e. The fourth-order valence-corrected chi connectivity index (χ4v) is 1.50. The van der Waals surface area contributed by atoms with Crippen molar-refractivity contribution in [3.63, 3.8) is 0 Å². The quantitative estimate of drug-likeness (QED) is 0.764. The number of amides is 1. The molecule has 0 radical (unpaired) electrons. The van der Waals surface area contributed by atoms with Gasteiger partial charge in [-0.1, -0.05) is 33.8 Å². The van der Waals surface area contributed by atoms with E-state index >= 15 is 0 Å². The normalized spacial score (nSPS) is 13.7. The summed E-state index contributed by atoms with van der Waals surface area (Å²) in [6.07, 6.45) is 3.64. The molecule has 0 spiro atoms. The number of carbonyl (C=O) groups is 1. The number of nitrogens with zero attached hydrogens (tertiary/aromatic N) is 2. The Morgan fingerprint density at radius 2 is 1.94 bits per heavy atom. The highest BCUT2D eigenvalue weighted by molar-refractivity contribution is 5.77. The van der Waals surface area contributed by atoms with Crippen molar-refractivity contribution in [2.24, 2.45) is 0 Å². The third-order valence-corrected chi connectivity index (χ3v) is 2.59. The van der Waals surface area contributed by atoms with E-state index in [9.17, 15) is 4.79 Å². The van der Waals surface area contributed by atoms with Gasteiger partial charge in [-0.25, -0.2) is 0 Å². The van der Waals surface area contributed by atoms with Crippen molar-refractivity contribution in [1.29, 1.82) is 0 Å². The molecule has 3 heteroatoms. The summed E-state index contributed by atoms with van der Waals surface area (Å²) in [5.74, 6) is 0.839.